The van der Waals surface area contributed by atoms with Crippen LogP contribution in [0.1, 0.15) is 25.6 Å². The smallest absolute Gasteiger partial charge is 0.274 e. The first-order valence-electron chi connectivity index (χ1n) is 8.07. The van der Waals surface area contributed by atoms with Crippen LogP contribution in [0, 0.1) is 0 Å². The monoisotopic (exact) mass is 387 g/mol. The van der Waals surface area contributed by atoms with Gasteiger partial charge in [-0.25, -0.2) is 17.7 Å². The van der Waals surface area contributed by atoms with E-state index >= 15 is 0 Å². The van der Waals surface area contributed by atoms with E-state index in [0.29, 0.717) is 11.2 Å². The molecule has 4 rings (SSSR count). The minimum absolute atomic E-state index is 0.128. The van der Waals surface area contributed by atoms with Crippen molar-refractivity contribution in [3.63, 3.8) is 0 Å². The zero-order chi connectivity index (χ0) is 18.5. The fourth-order valence-electron chi connectivity index (χ4n) is 2.83. The lowest BCUT2D eigenvalue weighted by atomic mass is 10.2. The van der Waals surface area contributed by atoms with Gasteiger partial charge in [-0.05, 0) is 23.6 Å². The fraction of sp³-hybridized carbons (Fsp3) is 0.235. The Morgan fingerprint density at radius 3 is 2.58 bits per heavy atom. The van der Waals surface area contributed by atoms with E-state index in [9.17, 15) is 8.42 Å². The van der Waals surface area contributed by atoms with Crippen molar-refractivity contribution in [2.45, 2.75) is 24.0 Å². The van der Waals surface area contributed by atoms with Gasteiger partial charge in [-0.1, -0.05) is 32.0 Å². The Hall–Kier alpha value is -2.52. The van der Waals surface area contributed by atoms with Gasteiger partial charge in [0.25, 0.3) is 10.0 Å². The summed E-state index contributed by atoms with van der Waals surface area (Å²) >= 11 is 1.17. The largest absolute Gasteiger partial charge is 0.274 e. The summed E-state index contributed by atoms with van der Waals surface area (Å²) in [5.74, 6) is 1.15. The summed E-state index contributed by atoms with van der Waals surface area (Å²) in [5.41, 5.74) is 1.96. The van der Waals surface area contributed by atoms with Crippen LogP contribution in [0.2, 0.25) is 0 Å². The molecule has 9 heteroatoms. The fourth-order valence-corrected chi connectivity index (χ4v) is 5.14. The zero-order valence-electron chi connectivity index (χ0n) is 14.5. The summed E-state index contributed by atoms with van der Waals surface area (Å²) in [4.78, 5) is 4.58. The third-order valence-corrected chi connectivity index (χ3v) is 7.28. The summed E-state index contributed by atoms with van der Waals surface area (Å²) in [7, 11) is -2.22. The molecule has 0 aliphatic rings. The van der Waals surface area contributed by atoms with E-state index in [0.717, 1.165) is 11.3 Å². The normalized spacial score (nSPS) is 12.3. The summed E-state index contributed by atoms with van der Waals surface area (Å²) < 4.78 is 29.2. The van der Waals surface area contributed by atoms with Gasteiger partial charge in [0.2, 0.25) is 5.65 Å². The molecule has 26 heavy (non-hydrogen) atoms. The highest BCUT2D eigenvalue weighted by Crippen LogP contribution is 2.30. The second-order valence-corrected chi connectivity index (χ2v) is 9.34. The number of rotatable bonds is 4. The summed E-state index contributed by atoms with van der Waals surface area (Å²) in [6, 6.07) is 10.9. The van der Waals surface area contributed by atoms with Crippen LogP contribution in [0.5, 0.6) is 0 Å². The van der Waals surface area contributed by atoms with Crippen LogP contribution in [-0.2, 0) is 10.0 Å². The van der Waals surface area contributed by atoms with Crippen molar-refractivity contribution in [2.24, 2.45) is 0 Å². The summed E-state index contributed by atoms with van der Waals surface area (Å²) in [5, 5.41) is 10.3. The van der Waals surface area contributed by atoms with Gasteiger partial charge in [0.15, 0.2) is 5.82 Å². The molecule has 0 saturated heterocycles. The Morgan fingerprint density at radius 2 is 1.88 bits per heavy atom. The first-order valence-corrected chi connectivity index (χ1v) is 10.4. The van der Waals surface area contributed by atoms with Crippen molar-refractivity contribution in [3.05, 3.63) is 47.6 Å². The number of benzene rings is 1. The number of thiophene rings is 1. The van der Waals surface area contributed by atoms with Gasteiger partial charge in [0.1, 0.15) is 10.0 Å². The predicted octanol–water partition coefficient (Wildman–Crippen LogP) is 3.29. The second-order valence-electron chi connectivity index (χ2n) is 6.20. The first kappa shape index (κ1) is 16.9. The Labute approximate surface area is 155 Å². The van der Waals surface area contributed by atoms with Gasteiger partial charge in [-0.15, -0.1) is 21.5 Å². The van der Waals surface area contributed by atoms with Gasteiger partial charge in [0.05, 0.1) is 11.0 Å². The van der Waals surface area contributed by atoms with Gasteiger partial charge in [-0.3, -0.25) is 4.40 Å². The third kappa shape index (κ3) is 2.46. The molecule has 0 atom stereocenters. The van der Waals surface area contributed by atoms with Gasteiger partial charge >= 0.3 is 0 Å². The van der Waals surface area contributed by atoms with Gasteiger partial charge in [-0.2, -0.15) is 0 Å². The molecular formula is C17H17N5O2S2. The predicted molar refractivity (Wildman–Crippen MR) is 102 cm³/mol. The Morgan fingerprint density at radius 1 is 1.12 bits per heavy atom. The maximum absolute atomic E-state index is 13.0. The number of fused-ring (bicyclic) bond motifs is 3. The van der Waals surface area contributed by atoms with Crippen LogP contribution >= 0.6 is 11.3 Å². The molecule has 0 saturated carbocycles. The van der Waals surface area contributed by atoms with Crippen LogP contribution in [0.15, 0.2) is 46.0 Å². The van der Waals surface area contributed by atoms with E-state index in [1.54, 1.807) is 17.5 Å². The quantitative estimate of drug-likeness (QED) is 0.537. The van der Waals surface area contributed by atoms with Crippen molar-refractivity contribution in [3.8, 4) is 0 Å². The number of sulfonamides is 1. The standard InChI is InChI=1S/C17H17N5O2S2/c1-11(2)15-19-20-17-16(18-12-7-4-5-8-13(12)22(15)17)21(3)26(23,24)14-9-6-10-25-14/h4-11H,1-3H3. The maximum atomic E-state index is 13.0. The molecule has 0 unspecified atom stereocenters. The number of hydrogen-bond donors (Lipinski definition) is 0. The van der Waals surface area contributed by atoms with Crippen molar-refractivity contribution >= 4 is 43.9 Å². The minimum atomic E-state index is -3.71. The van der Waals surface area contributed by atoms with Crippen LogP contribution in [0.3, 0.4) is 0 Å². The Balaban J connectivity index is 2.04. The Bertz CT molecular complexity index is 1200. The average Bonchev–Trinajstić information content (AvgIpc) is 3.30. The molecule has 7 nitrogen and oxygen atoms in total. The van der Waals surface area contributed by atoms with Crippen LogP contribution < -0.4 is 4.31 Å². The molecule has 3 aromatic heterocycles. The van der Waals surface area contributed by atoms with Gasteiger partial charge in [0, 0.05) is 13.0 Å². The van der Waals surface area contributed by atoms with E-state index in [1.807, 2.05) is 42.5 Å². The molecule has 0 aliphatic heterocycles. The lowest BCUT2D eigenvalue weighted by molar-refractivity contribution is 0.596. The van der Waals surface area contributed by atoms with Crippen LogP contribution in [0.25, 0.3) is 16.7 Å². The highest BCUT2D eigenvalue weighted by atomic mass is 32.2. The highest BCUT2D eigenvalue weighted by Gasteiger charge is 2.27. The molecule has 0 radical (unpaired) electrons. The zero-order valence-corrected chi connectivity index (χ0v) is 16.1. The van der Waals surface area contributed by atoms with E-state index in [2.05, 4.69) is 15.2 Å². The van der Waals surface area contributed by atoms with Crippen LogP contribution in [-0.4, -0.2) is 35.0 Å². The number of para-hydroxylation sites is 2. The van der Waals surface area contributed by atoms with Crippen molar-refractivity contribution < 1.29 is 8.42 Å². The SMILES string of the molecule is CC(C)c1nnc2c(N(C)S(=O)(=O)c3cccs3)nc3ccccc3n12. The molecule has 0 amide bonds. The molecule has 1 aromatic carbocycles. The lowest BCUT2D eigenvalue weighted by Crippen LogP contribution is -2.27. The summed E-state index contributed by atoms with van der Waals surface area (Å²) in [6.07, 6.45) is 0. The molecular weight excluding hydrogens is 370 g/mol. The first-order chi connectivity index (χ1) is 12.4. The number of nitrogens with zero attached hydrogens (tertiary/aromatic N) is 5. The van der Waals surface area contributed by atoms with E-state index in [-0.39, 0.29) is 15.9 Å². The van der Waals surface area contributed by atoms with E-state index in [1.165, 1.54) is 22.7 Å². The molecule has 134 valence electrons. The number of anilines is 1. The lowest BCUT2D eigenvalue weighted by Gasteiger charge is -2.19. The summed E-state index contributed by atoms with van der Waals surface area (Å²) in [6.45, 7) is 4.05. The number of hydrogen-bond acceptors (Lipinski definition) is 6. The average molecular weight is 387 g/mol. The molecule has 0 bridgehead atoms. The maximum Gasteiger partial charge on any atom is 0.274 e. The van der Waals surface area contributed by atoms with E-state index in [4.69, 9.17) is 0 Å². The molecule has 0 spiro atoms. The second kappa shape index (κ2) is 6.03. The highest BCUT2D eigenvalue weighted by molar-refractivity contribution is 7.94. The van der Waals surface area contributed by atoms with E-state index < -0.39 is 10.0 Å². The Kier molecular flexibility index (Phi) is 3.92. The third-order valence-electron chi connectivity index (χ3n) is 4.16. The number of aromatic nitrogens is 4. The minimum Gasteiger partial charge on any atom is -0.274 e. The van der Waals surface area contributed by atoms with Gasteiger partial charge < -0.3 is 0 Å². The molecule has 0 fully saturated rings. The molecule has 3 heterocycles. The van der Waals surface area contributed by atoms with Crippen molar-refractivity contribution in [1.82, 2.24) is 19.6 Å². The van der Waals surface area contributed by atoms with Crippen molar-refractivity contribution in [2.75, 3.05) is 11.4 Å². The molecule has 0 N–H and O–H groups in total. The molecule has 0 aliphatic carbocycles. The topological polar surface area (TPSA) is 80.5 Å². The van der Waals surface area contributed by atoms with Crippen LogP contribution in [0.4, 0.5) is 5.82 Å². The van der Waals surface area contributed by atoms with Crippen molar-refractivity contribution in [1.29, 1.82) is 0 Å². The molecule has 4 aromatic rings.